The average molecular weight is 226 g/mol. The second-order valence-electron chi connectivity index (χ2n) is 2.30. The van der Waals surface area contributed by atoms with E-state index in [1.165, 1.54) is 0 Å². The number of rotatable bonds is 2. The number of hydrogen-bond donors (Lipinski definition) is 1. The Morgan fingerprint density at radius 3 is 2.57 bits per heavy atom. The molecule has 1 heterocycles. The van der Waals surface area contributed by atoms with E-state index in [9.17, 15) is 18.0 Å². The first kappa shape index (κ1) is 10.8. The van der Waals surface area contributed by atoms with Crippen LogP contribution in [0.25, 0.3) is 0 Å². The molecule has 1 N–H and O–H groups in total. The highest BCUT2D eigenvalue weighted by atomic mass is 35.5. The zero-order valence-corrected chi connectivity index (χ0v) is 7.23. The van der Waals surface area contributed by atoms with Gasteiger partial charge >= 0.3 is 5.97 Å². The molecular formula is C7H3ClF3NO2. The summed E-state index contributed by atoms with van der Waals surface area (Å²) in [7, 11) is 0. The highest BCUT2D eigenvalue weighted by molar-refractivity contribution is 6.29. The third-order valence-corrected chi connectivity index (χ3v) is 1.59. The van der Waals surface area contributed by atoms with Crippen LogP contribution < -0.4 is 0 Å². The van der Waals surface area contributed by atoms with Crippen LogP contribution in [-0.4, -0.2) is 16.1 Å². The molecule has 7 heteroatoms. The van der Waals surface area contributed by atoms with Gasteiger partial charge in [-0.25, -0.2) is 22.9 Å². The second-order valence-corrected chi connectivity index (χ2v) is 2.69. The van der Waals surface area contributed by atoms with E-state index in [2.05, 4.69) is 4.98 Å². The van der Waals surface area contributed by atoms with Gasteiger partial charge in [-0.2, -0.15) is 0 Å². The molecular weight excluding hydrogens is 223 g/mol. The number of aromatic nitrogens is 1. The third kappa shape index (κ3) is 1.95. The van der Waals surface area contributed by atoms with Crippen LogP contribution in [0, 0.1) is 5.82 Å². The lowest BCUT2D eigenvalue weighted by molar-refractivity contribution is 0.0683. The van der Waals surface area contributed by atoms with Crippen molar-refractivity contribution in [2.24, 2.45) is 0 Å². The van der Waals surface area contributed by atoms with Crippen molar-refractivity contribution in [3.63, 3.8) is 0 Å². The van der Waals surface area contributed by atoms with Crippen LogP contribution in [0.3, 0.4) is 0 Å². The Bertz CT molecular complexity index is 383. The molecule has 3 nitrogen and oxygen atoms in total. The maximum Gasteiger partial charge on any atom is 0.357 e. The summed E-state index contributed by atoms with van der Waals surface area (Å²) in [5, 5.41) is 7.90. The van der Waals surface area contributed by atoms with Crippen LogP contribution >= 0.6 is 11.6 Å². The standard InChI is InChI=1S/C7H3ClF3NO2/c8-3-1-2(6(10)11)4(9)5(12-3)7(13)14/h1,6H,(H,13,14). The maximum absolute atomic E-state index is 13.0. The molecule has 0 bridgehead atoms. The fraction of sp³-hybridized carbons (Fsp3) is 0.143. The van der Waals surface area contributed by atoms with Crippen molar-refractivity contribution in [3.05, 3.63) is 28.3 Å². The van der Waals surface area contributed by atoms with E-state index in [0.29, 0.717) is 6.07 Å². The topological polar surface area (TPSA) is 50.2 Å². The summed E-state index contributed by atoms with van der Waals surface area (Å²) in [5.41, 5.74) is -2.17. The molecule has 0 saturated heterocycles. The largest absolute Gasteiger partial charge is 0.476 e. The lowest BCUT2D eigenvalue weighted by Gasteiger charge is -2.04. The Hall–Kier alpha value is -1.30. The van der Waals surface area contributed by atoms with Gasteiger partial charge in [0.05, 0.1) is 5.56 Å². The molecule has 1 aromatic heterocycles. The van der Waals surface area contributed by atoms with Gasteiger partial charge in [0, 0.05) is 0 Å². The van der Waals surface area contributed by atoms with Crippen molar-refractivity contribution in [2.75, 3.05) is 0 Å². The lowest BCUT2D eigenvalue weighted by atomic mass is 10.2. The first-order chi connectivity index (χ1) is 6.43. The van der Waals surface area contributed by atoms with Crippen molar-refractivity contribution in [3.8, 4) is 0 Å². The van der Waals surface area contributed by atoms with Crippen LogP contribution in [-0.2, 0) is 0 Å². The van der Waals surface area contributed by atoms with E-state index < -0.39 is 34.6 Å². The first-order valence-electron chi connectivity index (χ1n) is 3.31. The molecule has 0 fully saturated rings. The molecule has 1 rings (SSSR count). The van der Waals surface area contributed by atoms with Crippen molar-refractivity contribution in [1.82, 2.24) is 4.98 Å². The van der Waals surface area contributed by atoms with Crippen molar-refractivity contribution < 1.29 is 23.1 Å². The Labute approximate surface area is 81.1 Å². The molecule has 0 aliphatic heterocycles. The molecule has 0 aliphatic rings. The monoisotopic (exact) mass is 225 g/mol. The number of aromatic carboxylic acids is 1. The highest BCUT2D eigenvalue weighted by Gasteiger charge is 2.22. The van der Waals surface area contributed by atoms with Crippen molar-refractivity contribution in [1.29, 1.82) is 0 Å². The van der Waals surface area contributed by atoms with E-state index in [-0.39, 0.29) is 0 Å². The molecule has 0 radical (unpaired) electrons. The van der Waals surface area contributed by atoms with Crippen LogP contribution in [0.1, 0.15) is 22.5 Å². The summed E-state index contributed by atoms with van der Waals surface area (Å²) < 4.78 is 37.2. The van der Waals surface area contributed by atoms with E-state index in [0.717, 1.165) is 0 Å². The summed E-state index contributed by atoms with van der Waals surface area (Å²) >= 11 is 5.24. The summed E-state index contributed by atoms with van der Waals surface area (Å²) in [6.45, 7) is 0. The first-order valence-corrected chi connectivity index (χ1v) is 3.68. The van der Waals surface area contributed by atoms with Gasteiger partial charge in [0.1, 0.15) is 5.15 Å². The molecule has 0 saturated carbocycles. The van der Waals surface area contributed by atoms with Gasteiger partial charge in [-0.3, -0.25) is 0 Å². The van der Waals surface area contributed by atoms with Gasteiger partial charge < -0.3 is 5.11 Å². The van der Waals surface area contributed by atoms with E-state index in [1.54, 1.807) is 0 Å². The summed E-state index contributed by atoms with van der Waals surface area (Å²) in [5.74, 6) is -3.30. The Morgan fingerprint density at radius 1 is 1.57 bits per heavy atom. The molecule has 0 unspecified atom stereocenters. The number of carboxylic acid groups (broad SMARTS) is 1. The van der Waals surface area contributed by atoms with Crippen molar-refractivity contribution >= 4 is 17.6 Å². The van der Waals surface area contributed by atoms with Crippen LogP contribution in [0.2, 0.25) is 5.15 Å². The third-order valence-electron chi connectivity index (χ3n) is 1.39. The van der Waals surface area contributed by atoms with Crippen LogP contribution in [0.5, 0.6) is 0 Å². The predicted octanol–water partition coefficient (Wildman–Crippen LogP) is 2.51. The molecule has 0 atom stereocenters. The zero-order chi connectivity index (χ0) is 10.9. The van der Waals surface area contributed by atoms with Gasteiger partial charge in [0.15, 0.2) is 11.5 Å². The van der Waals surface area contributed by atoms with Crippen LogP contribution in [0.4, 0.5) is 13.2 Å². The quantitative estimate of drug-likeness (QED) is 0.787. The molecule has 14 heavy (non-hydrogen) atoms. The number of pyridine rings is 1. The van der Waals surface area contributed by atoms with E-state index in [1.807, 2.05) is 0 Å². The molecule has 0 spiro atoms. The number of nitrogens with zero attached hydrogens (tertiary/aromatic N) is 1. The Morgan fingerprint density at radius 2 is 2.14 bits per heavy atom. The minimum absolute atomic E-state index is 0.487. The molecule has 76 valence electrons. The number of alkyl halides is 2. The van der Waals surface area contributed by atoms with Gasteiger partial charge in [-0.1, -0.05) is 11.6 Å². The summed E-state index contributed by atoms with van der Waals surface area (Å²) in [6, 6.07) is 0.591. The van der Waals surface area contributed by atoms with Gasteiger partial charge in [-0.15, -0.1) is 0 Å². The number of hydrogen-bond acceptors (Lipinski definition) is 2. The zero-order valence-electron chi connectivity index (χ0n) is 6.47. The van der Waals surface area contributed by atoms with Gasteiger partial charge in [0.2, 0.25) is 0 Å². The second kappa shape index (κ2) is 3.83. The minimum Gasteiger partial charge on any atom is -0.476 e. The Balaban J connectivity index is 3.40. The number of halogens is 4. The maximum atomic E-state index is 13.0. The fourth-order valence-electron chi connectivity index (χ4n) is 0.817. The molecule has 0 aromatic carbocycles. The van der Waals surface area contributed by atoms with E-state index >= 15 is 0 Å². The smallest absolute Gasteiger partial charge is 0.357 e. The average Bonchev–Trinajstić information content (AvgIpc) is 2.07. The fourth-order valence-corrected chi connectivity index (χ4v) is 1.02. The molecule has 0 aliphatic carbocycles. The van der Waals surface area contributed by atoms with Gasteiger partial charge in [-0.05, 0) is 6.07 Å². The van der Waals surface area contributed by atoms with Crippen molar-refractivity contribution in [2.45, 2.75) is 6.43 Å². The lowest BCUT2D eigenvalue weighted by Crippen LogP contribution is -2.07. The molecule has 1 aromatic rings. The summed E-state index contributed by atoms with van der Waals surface area (Å²) in [4.78, 5) is 13.4. The normalized spacial score (nSPS) is 10.6. The highest BCUT2D eigenvalue weighted by Crippen LogP contribution is 2.25. The number of carbonyl (C=O) groups is 1. The van der Waals surface area contributed by atoms with E-state index in [4.69, 9.17) is 16.7 Å². The SMILES string of the molecule is O=C(O)c1nc(Cl)cc(C(F)F)c1F. The van der Waals surface area contributed by atoms with Crippen LogP contribution in [0.15, 0.2) is 6.07 Å². The van der Waals surface area contributed by atoms with Gasteiger partial charge in [0.25, 0.3) is 6.43 Å². The Kier molecular flexibility index (Phi) is 2.95. The summed E-state index contributed by atoms with van der Waals surface area (Å²) in [6.07, 6.45) is -3.13. The number of carboxylic acids is 1. The predicted molar refractivity (Wildman–Crippen MR) is 41.1 cm³/mol. The molecule has 0 amide bonds. The minimum atomic E-state index is -3.13.